The zero-order chi connectivity index (χ0) is 14.1. The van der Waals surface area contributed by atoms with Crippen LogP contribution in [0.25, 0.3) is 0 Å². The molecule has 0 aliphatic heterocycles. The summed E-state index contributed by atoms with van der Waals surface area (Å²) in [6.45, 7) is 17.8. The van der Waals surface area contributed by atoms with E-state index < -0.39 is 29.6 Å². The van der Waals surface area contributed by atoms with E-state index in [1.54, 1.807) is 0 Å². The number of rotatable bonds is 6. The van der Waals surface area contributed by atoms with Gasteiger partial charge in [-0.1, -0.05) is 0 Å². The van der Waals surface area contributed by atoms with Crippen LogP contribution < -0.4 is 0 Å². The van der Waals surface area contributed by atoms with Gasteiger partial charge < -0.3 is 0 Å². The van der Waals surface area contributed by atoms with Gasteiger partial charge in [-0.25, -0.2) is 0 Å². The van der Waals surface area contributed by atoms with E-state index in [9.17, 15) is 4.57 Å². The van der Waals surface area contributed by atoms with Crippen molar-refractivity contribution in [3.05, 3.63) is 0 Å². The first-order chi connectivity index (χ1) is 7.12. The van der Waals surface area contributed by atoms with Gasteiger partial charge in [0.2, 0.25) is 0 Å². The molecule has 0 aromatic carbocycles. The molecule has 0 radical (unpaired) electrons. The Labute approximate surface area is 115 Å². The number of hydrogen-bond acceptors (Lipinski definition) is 3. The van der Waals surface area contributed by atoms with Crippen molar-refractivity contribution < 1.29 is 13.0 Å². The Morgan fingerprint density at radius 1 is 0.765 bits per heavy atom. The van der Waals surface area contributed by atoms with Gasteiger partial charge in [0.05, 0.1) is 0 Å². The second kappa shape index (κ2) is 5.75. The summed E-state index contributed by atoms with van der Waals surface area (Å²) >= 11 is 0.000556. The van der Waals surface area contributed by atoms with Crippen LogP contribution >= 0.6 is 6.29 Å². The average molecular weight is 378 g/mol. The molecule has 3 nitrogen and oxygen atoms in total. The van der Waals surface area contributed by atoms with Crippen molar-refractivity contribution in [2.24, 2.45) is 0 Å². The predicted molar refractivity (Wildman–Crippen MR) is 85.6 cm³/mol. The van der Waals surface area contributed by atoms with Gasteiger partial charge in [0.25, 0.3) is 0 Å². The summed E-state index contributed by atoms with van der Waals surface area (Å²) in [5.74, 6) is 0. The van der Waals surface area contributed by atoms with Crippen LogP contribution in [0.4, 0.5) is 0 Å². The maximum absolute atomic E-state index is 12.9. The molecule has 0 N–H and O–H groups in total. The number of hydrogen-bond donors (Lipinski definition) is 0. The van der Waals surface area contributed by atoms with Gasteiger partial charge in [-0.15, -0.1) is 0 Å². The van der Waals surface area contributed by atoms with E-state index in [1.807, 2.05) is 0 Å². The molecule has 0 spiro atoms. The van der Waals surface area contributed by atoms with E-state index in [-0.39, 0.29) is 13.9 Å². The molecule has 0 atom stereocenters. The first kappa shape index (κ1) is 18.3. The van der Waals surface area contributed by atoms with Gasteiger partial charge in [-0.2, -0.15) is 0 Å². The minimum atomic E-state index is -2.84. The Bertz CT molecular complexity index is 257. The molecule has 0 rings (SSSR count). The van der Waals surface area contributed by atoms with Gasteiger partial charge in [-0.3, -0.25) is 0 Å². The van der Waals surface area contributed by atoms with Crippen molar-refractivity contribution in [3.8, 4) is 0 Å². The van der Waals surface area contributed by atoms with Gasteiger partial charge in [-0.05, 0) is 0 Å². The van der Waals surface area contributed by atoms with Gasteiger partial charge in [0, 0.05) is 0 Å². The minimum absolute atomic E-state index is 0.000556. The molecular formula is C9H27O3PSeSi3. The molecule has 0 amide bonds. The maximum atomic E-state index is 12.9. The molecule has 0 bridgehead atoms. The predicted octanol–water partition coefficient (Wildman–Crippen LogP) is 4.34. The molecule has 0 fully saturated rings. The van der Waals surface area contributed by atoms with Crippen LogP contribution in [0.3, 0.4) is 0 Å². The first-order valence-corrected chi connectivity index (χ1v) is 22.4. The first-order valence-electron chi connectivity index (χ1n) is 5.84. The summed E-state index contributed by atoms with van der Waals surface area (Å²) in [4.78, 5) is 0. The van der Waals surface area contributed by atoms with E-state index in [0.717, 1.165) is 0 Å². The molecule has 17 heavy (non-hydrogen) atoms. The monoisotopic (exact) mass is 378 g/mol. The van der Waals surface area contributed by atoms with Crippen molar-refractivity contribution in [1.29, 1.82) is 0 Å². The average Bonchev–Trinajstić information content (AvgIpc) is 1.65. The Kier molecular flexibility index (Phi) is 6.20. The summed E-state index contributed by atoms with van der Waals surface area (Å²) in [5.41, 5.74) is 0. The van der Waals surface area contributed by atoms with Crippen LogP contribution in [-0.4, -0.2) is 37.2 Å². The van der Waals surface area contributed by atoms with E-state index >= 15 is 0 Å². The third kappa shape index (κ3) is 10.9. The standard InChI is InChI=1S/C9H27O3PSeSi3/c1-15(2,3)11-13(10,12-16(4,5)6)14-17(7,8)9/h1-9H3. The van der Waals surface area contributed by atoms with Crippen molar-refractivity contribution in [1.82, 2.24) is 0 Å². The SMILES string of the molecule is C[Si](C)(C)OP(=O)(O[Si](C)(C)C)[Se][Si](C)(C)C. The normalized spacial score (nSPS) is 15.1. The molecule has 0 unspecified atom stereocenters. The van der Waals surface area contributed by atoms with Crippen molar-refractivity contribution in [3.63, 3.8) is 0 Å². The van der Waals surface area contributed by atoms with Crippen LogP contribution in [0.2, 0.25) is 58.9 Å². The molecule has 8 heteroatoms. The van der Waals surface area contributed by atoms with E-state index in [1.165, 1.54) is 0 Å². The van der Waals surface area contributed by atoms with Crippen LogP contribution in [0.15, 0.2) is 0 Å². The third-order valence-corrected chi connectivity index (χ3v) is 27.8. The van der Waals surface area contributed by atoms with E-state index in [4.69, 9.17) is 8.43 Å². The Balaban J connectivity index is 5.03. The third-order valence-electron chi connectivity index (χ3n) is 1.16. The van der Waals surface area contributed by atoms with Gasteiger partial charge in [0.15, 0.2) is 0 Å². The fourth-order valence-electron chi connectivity index (χ4n) is 1.06. The van der Waals surface area contributed by atoms with Gasteiger partial charge >= 0.3 is 115 Å². The Hall–Kier alpha value is 1.32. The molecule has 0 aliphatic rings. The molecular weight excluding hydrogens is 350 g/mol. The quantitative estimate of drug-likeness (QED) is 0.510. The molecule has 0 aromatic rings. The topological polar surface area (TPSA) is 35.5 Å². The molecule has 0 aromatic heterocycles. The summed E-state index contributed by atoms with van der Waals surface area (Å²) in [5, 5.41) is 0. The fourth-order valence-corrected chi connectivity index (χ4v) is 35.9. The zero-order valence-electron chi connectivity index (χ0n) is 12.6. The van der Waals surface area contributed by atoms with Crippen LogP contribution in [0.1, 0.15) is 0 Å². The zero-order valence-corrected chi connectivity index (χ0v) is 18.2. The summed E-state index contributed by atoms with van der Waals surface area (Å²) in [6.07, 6.45) is -2.84. The van der Waals surface area contributed by atoms with Crippen LogP contribution in [0.5, 0.6) is 0 Å². The van der Waals surface area contributed by atoms with Gasteiger partial charge in [0.1, 0.15) is 0 Å². The summed E-state index contributed by atoms with van der Waals surface area (Å²) in [7, 11) is -3.64. The fraction of sp³-hybridized carbons (Fsp3) is 1.00. The molecule has 0 saturated heterocycles. The van der Waals surface area contributed by atoms with Crippen molar-refractivity contribution in [2.75, 3.05) is 0 Å². The molecule has 0 heterocycles. The van der Waals surface area contributed by atoms with Crippen LogP contribution in [0, 0.1) is 0 Å². The van der Waals surface area contributed by atoms with Crippen LogP contribution in [-0.2, 0) is 13.0 Å². The molecule has 104 valence electrons. The molecule has 0 aliphatic carbocycles. The van der Waals surface area contributed by atoms with Crippen molar-refractivity contribution >= 4 is 43.5 Å². The second-order valence-electron chi connectivity index (χ2n) is 7.06. The summed E-state index contributed by atoms with van der Waals surface area (Å²) in [6, 6.07) is 0. The Morgan fingerprint density at radius 2 is 1.06 bits per heavy atom. The summed E-state index contributed by atoms with van der Waals surface area (Å²) < 4.78 is 24.8. The van der Waals surface area contributed by atoms with E-state index in [0.29, 0.717) is 0 Å². The van der Waals surface area contributed by atoms with Crippen molar-refractivity contribution in [2.45, 2.75) is 58.9 Å². The second-order valence-corrected chi connectivity index (χ2v) is 36.8. The Morgan fingerprint density at radius 3 is 1.24 bits per heavy atom. The van der Waals surface area contributed by atoms with E-state index in [2.05, 4.69) is 58.9 Å². The molecule has 0 saturated carbocycles.